The molecule has 0 fully saturated rings. The van der Waals surface area contributed by atoms with E-state index in [1.54, 1.807) is 0 Å². The largest absolute Gasteiger partial charge is 0.175 e. The van der Waals surface area contributed by atoms with E-state index in [1.165, 1.54) is 10.5 Å². The van der Waals surface area contributed by atoms with Gasteiger partial charge >= 0.3 is 0 Å². The molecule has 0 aliphatic heterocycles. The summed E-state index contributed by atoms with van der Waals surface area (Å²) in [5.74, 6) is 1.97. The van der Waals surface area contributed by atoms with E-state index < -0.39 is 0 Å². The maximum atomic E-state index is 4.19. The Balaban J connectivity index is 2.66. The minimum Gasteiger partial charge on any atom is -0.175 e. The monoisotopic (exact) mass is 184 g/mol. The van der Waals surface area contributed by atoms with Crippen LogP contribution < -0.4 is 0 Å². The molecule has 0 aromatic heterocycles. The molecule has 11 heavy (non-hydrogen) atoms. The van der Waals surface area contributed by atoms with Crippen LogP contribution in [0.5, 0.6) is 0 Å². The van der Waals surface area contributed by atoms with E-state index in [4.69, 9.17) is 0 Å². The van der Waals surface area contributed by atoms with Gasteiger partial charge in [-0.3, -0.25) is 0 Å². The average molecular weight is 184 g/mol. The molecule has 2 heteroatoms. The van der Waals surface area contributed by atoms with Crippen molar-refractivity contribution in [3.63, 3.8) is 0 Å². The van der Waals surface area contributed by atoms with Crippen LogP contribution in [0, 0.1) is 0 Å². The fourth-order valence-corrected chi connectivity index (χ4v) is 1.73. The van der Waals surface area contributed by atoms with Gasteiger partial charge in [0.15, 0.2) is 0 Å². The summed E-state index contributed by atoms with van der Waals surface area (Å²) >= 11 is 6.06. The third kappa shape index (κ3) is 2.80. The maximum absolute atomic E-state index is 4.19. The molecule has 0 saturated heterocycles. The second-order valence-electron chi connectivity index (χ2n) is 2.24. The highest BCUT2D eigenvalue weighted by Gasteiger charge is 1.91. The molecule has 1 aromatic rings. The molecule has 0 spiro atoms. The number of benzene rings is 1. The van der Waals surface area contributed by atoms with Crippen molar-refractivity contribution in [2.75, 3.05) is 5.75 Å². The van der Waals surface area contributed by atoms with Crippen molar-refractivity contribution >= 4 is 24.4 Å². The fraction of sp³-hybridized carbons (Fsp3) is 0.333. The first-order chi connectivity index (χ1) is 5.36. The summed E-state index contributed by atoms with van der Waals surface area (Å²) in [4.78, 5) is 1.35. The lowest BCUT2D eigenvalue weighted by Gasteiger charge is -1.98. The van der Waals surface area contributed by atoms with Crippen molar-refractivity contribution in [2.24, 2.45) is 0 Å². The second kappa shape index (κ2) is 4.73. The van der Waals surface area contributed by atoms with Gasteiger partial charge < -0.3 is 0 Å². The van der Waals surface area contributed by atoms with Crippen LogP contribution in [0.2, 0.25) is 0 Å². The zero-order valence-electron chi connectivity index (χ0n) is 6.58. The number of thiol groups is 1. The highest BCUT2D eigenvalue weighted by atomic mass is 32.2. The van der Waals surface area contributed by atoms with Gasteiger partial charge in [0.05, 0.1) is 0 Å². The topological polar surface area (TPSA) is 0 Å². The van der Waals surface area contributed by atoms with Crippen molar-refractivity contribution in [3.8, 4) is 0 Å². The first-order valence-corrected chi connectivity index (χ1v) is 5.31. The zero-order chi connectivity index (χ0) is 8.10. The van der Waals surface area contributed by atoms with Crippen LogP contribution in [0.15, 0.2) is 29.2 Å². The van der Waals surface area contributed by atoms with E-state index in [1.807, 2.05) is 11.8 Å². The zero-order valence-corrected chi connectivity index (χ0v) is 8.29. The van der Waals surface area contributed by atoms with E-state index in [9.17, 15) is 0 Å². The van der Waals surface area contributed by atoms with Crippen molar-refractivity contribution in [1.82, 2.24) is 0 Å². The summed E-state index contributed by atoms with van der Waals surface area (Å²) in [6.07, 6.45) is 0. The SMILES string of the molecule is CCSc1ccc(CS)cc1. The van der Waals surface area contributed by atoms with Crippen molar-refractivity contribution in [3.05, 3.63) is 29.8 Å². The molecule has 0 atom stereocenters. The molecular weight excluding hydrogens is 172 g/mol. The molecule has 0 amide bonds. The number of rotatable bonds is 3. The molecule has 0 radical (unpaired) electrons. The molecule has 0 aliphatic rings. The molecule has 0 heterocycles. The summed E-state index contributed by atoms with van der Waals surface area (Å²) in [5.41, 5.74) is 1.29. The lowest BCUT2D eigenvalue weighted by molar-refractivity contribution is 1.35. The normalized spacial score (nSPS) is 10.0. The third-order valence-corrected chi connectivity index (χ3v) is 2.68. The fourth-order valence-electron chi connectivity index (χ4n) is 0.858. The predicted octanol–water partition coefficient (Wildman–Crippen LogP) is 3.23. The van der Waals surface area contributed by atoms with Crippen LogP contribution in [-0.4, -0.2) is 5.75 Å². The maximum Gasteiger partial charge on any atom is 0.0154 e. The van der Waals surface area contributed by atoms with Gasteiger partial charge in [-0.2, -0.15) is 12.6 Å². The van der Waals surface area contributed by atoms with Gasteiger partial charge in [0.2, 0.25) is 0 Å². The summed E-state index contributed by atoms with van der Waals surface area (Å²) in [6, 6.07) is 8.56. The summed E-state index contributed by atoms with van der Waals surface area (Å²) in [5, 5.41) is 0. The Bertz CT molecular complexity index is 203. The van der Waals surface area contributed by atoms with Crippen LogP contribution >= 0.6 is 24.4 Å². The van der Waals surface area contributed by atoms with Crippen LogP contribution in [0.25, 0.3) is 0 Å². The van der Waals surface area contributed by atoms with Crippen molar-refractivity contribution < 1.29 is 0 Å². The Hall–Kier alpha value is -0.0800. The van der Waals surface area contributed by atoms with Crippen LogP contribution in [0.4, 0.5) is 0 Å². The minimum atomic E-state index is 0.830. The molecule has 0 bridgehead atoms. The minimum absolute atomic E-state index is 0.830. The highest BCUT2D eigenvalue weighted by Crippen LogP contribution is 2.17. The van der Waals surface area contributed by atoms with Crippen molar-refractivity contribution in [2.45, 2.75) is 17.6 Å². The molecule has 1 aromatic carbocycles. The van der Waals surface area contributed by atoms with E-state index in [-0.39, 0.29) is 0 Å². The Morgan fingerprint density at radius 1 is 1.27 bits per heavy atom. The lowest BCUT2D eigenvalue weighted by Crippen LogP contribution is -1.77. The van der Waals surface area contributed by atoms with Gasteiger partial charge in [0, 0.05) is 10.6 Å². The van der Waals surface area contributed by atoms with Gasteiger partial charge in [-0.15, -0.1) is 11.8 Å². The van der Waals surface area contributed by atoms with Gasteiger partial charge in [-0.05, 0) is 23.4 Å². The first-order valence-electron chi connectivity index (χ1n) is 3.69. The standard InChI is InChI=1S/C9H12S2/c1-2-11-9-5-3-8(7-10)4-6-9/h3-6,10H,2,7H2,1H3. The first kappa shape index (κ1) is 9.01. The predicted molar refractivity (Wildman–Crippen MR) is 55.5 cm³/mol. The Kier molecular flexibility index (Phi) is 3.87. The molecule has 0 saturated carbocycles. The quantitative estimate of drug-likeness (QED) is 0.556. The Labute approximate surface area is 77.8 Å². The molecular formula is C9H12S2. The highest BCUT2D eigenvalue weighted by molar-refractivity contribution is 7.99. The van der Waals surface area contributed by atoms with Gasteiger partial charge in [-0.25, -0.2) is 0 Å². The number of thioether (sulfide) groups is 1. The number of hydrogen-bond acceptors (Lipinski definition) is 2. The molecule has 0 unspecified atom stereocenters. The smallest absolute Gasteiger partial charge is 0.0154 e. The van der Waals surface area contributed by atoms with E-state index >= 15 is 0 Å². The summed E-state index contributed by atoms with van der Waals surface area (Å²) in [6.45, 7) is 2.16. The van der Waals surface area contributed by atoms with E-state index in [2.05, 4.69) is 43.8 Å². The average Bonchev–Trinajstić information content (AvgIpc) is 2.07. The molecule has 0 aliphatic carbocycles. The van der Waals surface area contributed by atoms with Crippen LogP contribution in [0.3, 0.4) is 0 Å². The second-order valence-corrected chi connectivity index (χ2v) is 3.89. The Morgan fingerprint density at radius 2 is 1.91 bits per heavy atom. The molecule has 0 nitrogen and oxygen atoms in total. The number of hydrogen-bond donors (Lipinski definition) is 1. The molecule has 60 valence electrons. The van der Waals surface area contributed by atoms with Gasteiger partial charge in [0.25, 0.3) is 0 Å². The lowest BCUT2D eigenvalue weighted by atomic mass is 10.2. The van der Waals surface area contributed by atoms with Gasteiger partial charge in [-0.1, -0.05) is 19.1 Å². The Morgan fingerprint density at radius 3 is 2.36 bits per heavy atom. The summed E-state index contributed by atoms with van der Waals surface area (Å²) < 4.78 is 0. The molecule has 0 N–H and O–H groups in total. The van der Waals surface area contributed by atoms with Crippen LogP contribution in [-0.2, 0) is 5.75 Å². The van der Waals surface area contributed by atoms with Crippen LogP contribution in [0.1, 0.15) is 12.5 Å². The van der Waals surface area contributed by atoms with E-state index in [0.717, 1.165) is 11.5 Å². The van der Waals surface area contributed by atoms with Crippen molar-refractivity contribution in [1.29, 1.82) is 0 Å². The van der Waals surface area contributed by atoms with Gasteiger partial charge in [0.1, 0.15) is 0 Å². The molecule has 1 rings (SSSR count). The summed E-state index contributed by atoms with van der Waals surface area (Å²) in [7, 11) is 0. The third-order valence-electron chi connectivity index (χ3n) is 1.42. The van der Waals surface area contributed by atoms with E-state index in [0.29, 0.717) is 0 Å².